The van der Waals surface area contributed by atoms with Crippen molar-refractivity contribution in [3.05, 3.63) is 71.7 Å². The molecule has 9 nitrogen and oxygen atoms in total. The third-order valence-corrected chi connectivity index (χ3v) is 6.29. The Labute approximate surface area is 209 Å². The van der Waals surface area contributed by atoms with E-state index in [2.05, 4.69) is 25.1 Å². The molecule has 1 saturated carbocycles. The maximum atomic E-state index is 13.0. The van der Waals surface area contributed by atoms with E-state index in [4.69, 9.17) is 9.72 Å². The molecule has 0 N–H and O–H groups in total. The maximum Gasteiger partial charge on any atom is 0.435 e. The number of aromatic nitrogens is 8. The predicted molar refractivity (Wildman–Crippen MR) is 127 cm³/mol. The lowest BCUT2D eigenvalue weighted by molar-refractivity contribution is -0.141. The first-order valence-corrected chi connectivity index (χ1v) is 11.6. The Bertz CT molecular complexity index is 1600. The van der Waals surface area contributed by atoms with Gasteiger partial charge in [0.25, 0.3) is 0 Å². The average Bonchev–Trinajstić information content (AvgIpc) is 3.55. The molecule has 4 aromatic heterocycles. The van der Waals surface area contributed by atoms with Crippen molar-refractivity contribution in [1.29, 1.82) is 0 Å². The van der Waals surface area contributed by atoms with Gasteiger partial charge in [-0.25, -0.2) is 29.3 Å². The molecule has 0 unspecified atom stereocenters. The van der Waals surface area contributed by atoms with Gasteiger partial charge >= 0.3 is 6.18 Å². The monoisotopic (exact) mass is 506 g/mol. The minimum Gasteiger partial charge on any atom is -0.480 e. The highest BCUT2D eigenvalue weighted by Crippen LogP contribution is 2.45. The minimum atomic E-state index is -4.49. The lowest BCUT2D eigenvalue weighted by atomic mass is 10.1. The fraction of sp³-hybridized carbons (Fsp3) is 0.280. The summed E-state index contributed by atoms with van der Waals surface area (Å²) in [7, 11) is 1.57. The smallest absolute Gasteiger partial charge is 0.435 e. The van der Waals surface area contributed by atoms with Crippen LogP contribution in [0.1, 0.15) is 41.4 Å². The van der Waals surface area contributed by atoms with Crippen LogP contribution in [0.5, 0.6) is 5.88 Å². The molecule has 1 fully saturated rings. The van der Waals surface area contributed by atoms with Gasteiger partial charge < -0.3 is 4.74 Å². The van der Waals surface area contributed by atoms with Gasteiger partial charge in [-0.2, -0.15) is 23.4 Å². The first-order valence-electron chi connectivity index (χ1n) is 11.6. The van der Waals surface area contributed by atoms with Gasteiger partial charge in [0.15, 0.2) is 11.3 Å². The second-order valence-corrected chi connectivity index (χ2v) is 8.93. The van der Waals surface area contributed by atoms with Gasteiger partial charge in [0.05, 0.1) is 48.7 Å². The van der Waals surface area contributed by atoms with Crippen LogP contribution < -0.4 is 4.74 Å². The van der Waals surface area contributed by atoms with Crippen LogP contribution in [0.4, 0.5) is 13.2 Å². The summed E-state index contributed by atoms with van der Waals surface area (Å²) in [5, 5.41) is 8.16. The lowest BCUT2D eigenvalue weighted by Gasteiger charge is -2.11. The van der Waals surface area contributed by atoms with Crippen LogP contribution >= 0.6 is 0 Å². The molecule has 0 aliphatic heterocycles. The molecule has 1 aromatic carbocycles. The van der Waals surface area contributed by atoms with E-state index in [1.165, 1.54) is 11.0 Å². The van der Waals surface area contributed by atoms with E-state index in [9.17, 15) is 13.2 Å². The fourth-order valence-corrected chi connectivity index (χ4v) is 4.32. The van der Waals surface area contributed by atoms with Crippen LogP contribution in [-0.4, -0.2) is 46.6 Å². The molecule has 37 heavy (non-hydrogen) atoms. The maximum absolute atomic E-state index is 13.0. The third-order valence-electron chi connectivity index (χ3n) is 6.29. The molecule has 4 heterocycles. The molecule has 1 aliphatic carbocycles. The van der Waals surface area contributed by atoms with E-state index in [-0.39, 0.29) is 0 Å². The van der Waals surface area contributed by atoms with Gasteiger partial charge in [-0.05, 0) is 43.5 Å². The molecule has 0 amide bonds. The Kier molecular flexibility index (Phi) is 5.39. The molecule has 0 spiro atoms. The molecule has 6 rings (SSSR count). The third kappa shape index (κ3) is 4.28. The number of ether oxygens (including phenoxy) is 1. The summed E-state index contributed by atoms with van der Waals surface area (Å²) >= 11 is 0. The van der Waals surface area contributed by atoms with Crippen molar-refractivity contribution in [3.8, 4) is 22.8 Å². The average molecular weight is 506 g/mol. The van der Waals surface area contributed by atoms with Crippen LogP contribution in [0.15, 0.2) is 49.1 Å². The molecular weight excluding hydrogens is 485 g/mol. The Hall–Kier alpha value is -4.35. The summed E-state index contributed by atoms with van der Waals surface area (Å²) in [5.41, 5.74) is 4.38. The number of halogens is 3. The van der Waals surface area contributed by atoms with Crippen LogP contribution in [0.3, 0.4) is 0 Å². The highest BCUT2D eigenvalue weighted by Gasteiger charge is 2.34. The van der Waals surface area contributed by atoms with Crippen molar-refractivity contribution >= 4 is 11.2 Å². The Morgan fingerprint density at radius 1 is 1.05 bits per heavy atom. The van der Waals surface area contributed by atoms with E-state index in [0.717, 1.165) is 35.7 Å². The van der Waals surface area contributed by atoms with E-state index in [0.29, 0.717) is 46.6 Å². The van der Waals surface area contributed by atoms with Crippen molar-refractivity contribution in [2.45, 2.75) is 38.4 Å². The summed E-state index contributed by atoms with van der Waals surface area (Å²) in [6, 6.07) is 8.14. The Morgan fingerprint density at radius 3 is 2.51 bits per heavy atom. The van der Waals surface area contributed by atoms with Crippen molar-refractivity contribution in [1.82, 2.24) is 39.5 Å². The fourth-order valence-electron chi connectivity index (χ4n) is 4.32. The van der Waals surface area contributed by atoms with E-state index < -0.39 is 11.9 Å². The second kappa shape index (κ2) is 8.64. The van der Waals surface area contributed by atoms with Crippen molar-refractivity contribution in [3.63, 3.8) is 0 Å². The summed E-state index contributed by atoms with van der Waals surface area (Å²) in [5.74, 6) is 0.813. The van der Waals surface area contributed by atoms with Gasteiger partial charge in [0.2, 0.25) is 5.88 Å². The number of nitrogens with zero attached hydrogens (tertiary/aromatic N) is 8. The van der Waals surface area contributed by atoms with E-state index in [1.807, 2.05) is 12.1 Å². The number of rotatable bonds is 6. The van der Waals surface area contributed by atoms with Gasteiger partial charge in [-0.3, -0.25) is 0 Å². The number of benzene rings is 1. The highest BCUT2D eigenvalue weighted by molar-refractivity contribution is 5.76. The number of methoxy groups -OCH3 is 1. The quantitative estimate of drug-likeness (QED) is 0.329. The van der Waals surface area contributed by atoms with Crippen LogP contribution in [0.2, 0.25) is 0 Å². The molecule has 12 heteroatoms. The summed E-state index contributed by atoms with van der Waals surface area (Å²) in [4.78, 5) is 18.1. The van der Waals surface area contributed by atoms with Gasteiger partial charge in [0, 0.05) is 11.6 Å². The number of hydrogen-bond donors (Lipinski definition) is 0. The van der Waals surface area contributed by atoms with Gasteiger partial charge in [-0.15, -0.1) is 0 Å². The zero-order chi connectivity index (χ0) is 25.7. The number of aryl methyl sites for hydroxylation is 1. The predicted octanol–water partition coefficient (Wildman–Crippen LogP) is 4.73. The summed E-state index contributed by atoms with van der Waals surface area (Å²) < 4.78 is 47.6. The number of fused-ring (bicyclic) bond motifs is 1. The first-order chi connectivity index (χ1) is 17.8. The number of alkyl halides is 3. The summed E-state index contributed by atoms with van der Waals surface area (Å²) in [6.45, 7) is 1.98. The Balaban J connectivity index is 1.31. The molecular formula is C25H21F3N8O. The molecule has 0 atom stereocenters. The normalized spacial score (nSPS) is 13.9. The van der Waals surface area contributed by atoms with E-state index >= 15 is 0 Å². The second-order valence-electron chi connectivity index (χ2n) is 8.93. The van der Waals surface area contributed by atoms with Crippen LogP contribution in [0, 0.1) is 6.92 Å². The first kappa shape index (κ1) is 23.1. The van der Waals surface area contributed by atoms with Gasteiger partial charge in [0.1, 0.15) is 11.8 Å². The lowest BCUT2D eigenvalue weighted by Crippen LogP contribution is -2.08. The molecule has 1 aliphatic rings. The van der Waals surface area contributed by atoms with Crippen molar-refractivity contribution in [2.75, 3.05) is 7.11 Å². The van der Waals surface area contributed by atoms with Crippen LogP contribution in [-0.2, 0) is 12.7 Å². The topological polar surface area (TPSA) is 96.4 Å². The highest BCUT2D eigenvalue weighted by atomic mass is 19.4. The standard InChI is InChI=1S/C25H21F3N8O/c1-14-9-20(25(26,27)28)34-36(14)17-7-3-15(4-8-17)12-35-23-19(11-32-35)29-10-18(33-23)21-22(16-5-6-16)30-13-31-24(21)37-2/h3-4,7-11,13,16H,5-6,12H2,1-2H3. The molecule has 0 radical (unpaired) electrons. The van der Waals surface area contributed by atoms with E-state index in [1.54, 1.807) is 43.2 Å². The zero-order valence-corrected chi connectivity index (χ0v) is 19.9. The number of hydrogen-bond acceptors (Lipinski definition) is 7. The molecule has 0 bridgehead atoms. The van der Waals surface area contributed by atoms with Crippen LogP contribution in [0.25, 0.3) is 28.1 Å². The van der Waals surface area contributed by atoms with Crippen molar-refractivity contribution in [2.24, 2.45) is 0 Å². The zero-order valence-electron chi connectivity index (χ0n) is 19.9. The molecule has 188 valence electrons. The molecule has 5 aromatic rings. The Morgan fingerprint density at radius 2 is 1.84 bits per heavy atom. The largest absolute Gasteiger partial charge is 0.480 e. The molecule has 0 saturated heterocycles. The van der Waals surface area contributed by atoms with Crippen molar-refractivity contribution < 1.29 is 17.9 Å². The summed E-state index contributed by atoms with van der Waals surface area (Å²) in [6.07, 6.45) is 2.46. The SMILES string of the molecule is COc1ncnc(C2CC2)c1-c1cnc2cnn(Cc3ccc(-n4nc(C(F)(F)F)cc4C)cc3)c2n1. The minimum absolute atomic E-state index is 0.360. The van der Waals surface area contributed by atoms with Gasteiger partial charge in [-0.1, -0.05) is 12.1 Å².